The number of thioether (sulfide) groups is 1. The number of hydrogen-bond donors (Lipinski definition) is 1. The molecule has 176 valence electrons. The summed E-state index contributed by atoms with van der Waals surface area (Å²) in [5.74, 6) is 0.498. The van der Waals surface area contributed by atoms with Crippen LogP contribution in [0.5, 0.6) is 0 Å². The number of nitrogens with one attached hydrogen (secondary N) is 1. The monoisotopic (exact) mass is 491 g/mol. The summed E-state index contributed by atoms with van der Waals surface area (Å²) in [5.41, 5.74) is 0.783. The maximum Gasteiger partial charge on any atom is 0.244 e. The first-order chi connectivity index (χ1) is 15.9. The van der Waals surface area contributed by atoms with Gasteiger partial charge in [0.05, 0.1) is 0 Å². The fraction of sp³-hybridized carbons (Fsp3) is 0.409. The summed E-state index contributed by atoms with van der Waals surface area (Å²) in [4.78, 5) is 14.5. The molecule has 2 aromatic heterocycles. The van der Waals surface area contributed by atoms with Gasteiger partial charge in [-0.2, -0.15) is 16.5 Å². The van der Waals surface area contributed by atoms with Gasteiger partial charge in [-0.15, -0.1) is 10.2 Å². The fourth-order valence-corrected chi connectivity index (χ4v) is 5.87. The van der Waals surface area contributed by atoms with Gasteiger partial charge in [0.15, 0.2) is 5.65 Å². The van der Waals surface area contributed by atoms with E-state index in [2.05, 4.69) is 14.9 Å². The predicted molar refractivity (Wildman–Crippen MR) is 125 cm³/mol. The van der Waals surface area contributed by atoms with Gasteiger partial charge in [0.1, 0.15) is 22.6 Å². The third-order valence-electron chi connectivity index (χ3n) is 5.84. The number of carbonyl (C=O) groups is 1. The number of aromatic nitrogens is 3. The number of piperidine rings is 1. The number of sulfonamides is 1. The van der Waals surface area contributed by atoms with E-state index in [1.54, 1.807) is 4.90 Å². The molecule has 1 unspecified atom stereocenters. The minimum atomic E-state index is -4.18. The second-order valence-electron chi connectivity index (χ2n) is 7.97. The minimum Gasteiger partial charge on any atom is -0.341 e. The Hall–Kier alpha value is -2.50. The summed E-state index contributed by atoms with van der Waals surface area (Å²) in [6.07, 6.45) is 5.55. The van der Waals surface area contributed by atoms with Crippen LogP contribution in [0.2, 0.25) is 0 Å². The van der Waals surface area contributed by atoms with Gasteiger partial charge >= 0.3 is 0 Å². The van der Waals surface area contributed by atoms with E-state index in [0.29, 0.717) is 38.1 Å². The van der Waals surface area contributed by atoms with Crippen LogP contribution in [0.25, 0.3) is 5.65 Å². The largest absolute Gasteiger partial charge is 0.341 e. The molecule has 0 saturated carbocycles. The number of amides is 1. The molecule has 1 atom stereocenters. The first kappa shape index (κ1) is 23.7. The molecule has 1 aromatic carbocycles. The summed E-state index contributed by atoms with van der Waals surface area (Å²) in [5, 5.41) is 8.54. The molecule has 1 amide bonds. The van der Waals surface area contributed by atoms with Gasteiger partial charge in [0.25, 0.3) is 0 Å². The van der Waals surface area contributed by atoms with Gasteiger partial charge in [-0.05, 0) is 55.5 Å². The second-order valence-corrected chi connectivity index (χ2v) is 10.6. The van der Waals surface area contributed by atoms with Crippen LogP contribution < -0.4 is 4.72 Å². The topological polar surface area (TPSA) is 96.7 Å². The molecule has 1 N–H and O–H groups in total. The molecule has 1 aliphatic rings. The number of hydrogen-bond acceptors (Lipinski definition) is 6. The van der Waals surface area contributed by atoms with Gasteiger partial charge in [0.2, 0.25) is 15.9 Å². The molecule has 3 aromatic rings. The molecular formula is C22H26FN5O3S2. The molecule has 1 aliphatic heterocycles. The van der Waals surface area contributed by atoms with Crippen LogP contribution in [0.1, 0.15) is 31.0 Å². The zero-order valence-corrected chi connectivity index (χ0v) is 19.9. The highest BCUT2D eigenvalue weighted by molar-refractivity contribution is 7.98. The Bertz CT molecular complexity index is 1230. The first-order valence-electron chi connectivity index (χ1n) is 10.7. The lowest BCUT2D eigenvalue weighted by Gasteiger charge is -2.33. The number of nitrogens with zero attached hydrogens (tertiary/aromatic N) is 4. The lowest BCUT2D eigenvalue weighted by Crippen LogP contribution is -2.50. The SMILES string of the molecule is CSCCC(NS(=O)(=O)c1ccccc1F)C(=O)N1CCC(c2nnc3ccccn23)CC1. The summed E-state index contributed by atoms with van der Waals surface area (Å²) in [7, 11) is -4.18. The first-order valence-corrected chi connectivity index (χ1v) is 13.6. The molecule has 1 fully saturated rings. The normalized spacial score (nSPS) is 16.2. The molecular weight excluding hydrogens is 465 g/mol. The van der Waals surface area contributed by atoms with Crippen molar-refractivity contribution in [3.8, 4) is 0 Å². The molecule has 0 aliphatic carbocycles. The van der Waals surface area contributed by atoms with Crippen molar-refractivity contribution in [2.75, 3.05) is 25.1 Å². The van der Waals surface area contributed by atoms with Crippen molar-refractivity contribution in [3.05, 3.63) is 60.3 Å². The van der Waals surface area contributed by atoms with Crippen LogP contribution >= 0.6 is 11.8 Å². The number of likely N-dealkylation sites (tertiary alicyclic amines) is 1. The van der Waals surface area contributed by atoms with Gasteiger partial charge in [-0.3, -0.25) is 9.20 Å². The summed E-state index contributed by atoms with van der Waals surface area (Å²) in [6, 6.07) is 9.94. The Morgan fingerprint density at radius 2 is 1.91 bits per heavy atom. The van der Waals surface area contributed by atoms with Gasteiger partial charge < -0.3 is 4.90 Å². The Kier molecular flexibility index (Phi) is 7.30. The van der Waals surface area contributed by atoms with E-state index in [1.807, 2.05) is 35.1 Å². The molecule has 0 spiro atoms. The van der Waals surface area contributed by atoms with Gasteiger partial charge in [-0.1, -0.05) is 18.2 Å². The number of pyridine rings is 1. The molecule has 8 nitrogen and oxygen atoms in total. The van der Waals surface area contributed by atoms with E-state index < -0.39 is 26.8 Å². The van der Waals surface area contributed by atoms with Crippen molar-refractivity contribution < 1.29 is 17.6 Å². The fourth-order valence-electron chi connectivity index (χ4n) is 4.10. The highest BCUT2D eigenvalue weighted by Crippen LogP contribution is 2.28. The van der Waals surface area contributed by atoms with E-state index in [4.69, 9.17) is 0 Å². The number of fused-ring (bicyclic) bond motifs is 1. The Morgan fingerprint density at radius 1 is 1.18 bits per heavy atom. The Labute approximate surface area is 196 Å². The molecule has 4 rings (SSSR count). The Morgan fingerprint density at radius 3 is 2.64 bits per heavy atom. The van der Waals surface area contributed by atoms with Crippen molar-refractivity contribution in [3.63, 3.8) is 0 Å². The molecule has 1 saturated heterocycles. The highest BCUT2D eigenvalue weighted by atomic mass is 32.2. The predicted octanol–water partition coefficient (Wildman–Crippen LogP) is 2.67. The third-order valence-corrected chi connectivity index (χ3v) is 7.99. The highest BCUT2D eigenvalue weighted by Gasteiger charge is 2.33. The molecule has 0 bridgehead atoms. The van der Waals surface area contributed by atoms with Crippen LogP contribution in [-0.4, -0.2) is 65.0 Å². The molecule has 3 heterocycles. The van der Waals surface area contributed by atoms with Crippen molar-refractivity contribution >= 4 is 33.3 Å². The van der Waals surface area contributed by atoms with E-state index in [0.717, 1.165) is 17.5 Å². The minimum absolute atomic E-state index is 0.159. The maximum absolute atomic E-state index is 14.1. The van der Waals surface area contributed by atoms with Crippen LogP contribution in [0.3, 0.4) is 0 Å². The average molecular weight is 492 g/mol. The number of benzene rings is 1. The number of rotatable bonds is 8. The van der Waals surface area contributed by atoms with Crippen LogP contribution in [0.15, 0.2) is 53.6 Å². The van der Waals surface area contributed by atoms with Crippen molar-refractivity contribution in [1.82, 2.24) is 24.2 Å². The van der Waals surface area contributed by atoms with Crippen molar-refractivity contribution in [1.29, 1.82) is 0 Å². The van der Waals surface area contributed by atoms with Crippen molar-refractivity contribution in [2.45, 2.75) is 36.1 Å². The molecule has 0 radical (unpaired) electrons. The number of carbonyl (C=O) groups excluding carboxylic acids is 1. The van der Waals surface area contributed by atoms with Crippen LogP contribution in [-0.2, 0) is 14.8 Å². The van der Waals surface area contributed by atoms with Gasteiger partial charge in [0, 0.05) is 25.2 Å². The van der Waals surface area contributed by atoms with Crippen LogP contribution in [0, 0.1) is 5.82 Å². The second kappa shape index (κ2) is 10.2. The molecule has 33 heavy (non-hydrogen) atoms. The smallest absolute Gasteiger partial charge is 0.244 e. The quantitative estimate of drug-likeness (QED) is 0.521. The Balaban J connectivity index is 1.46. The maximum atomic E-state index is 14.1. The lowest BCUT2D eigenvalue weighted by atomic mass is 9.95. The van der Waals surface area contributed by atoms with Gasteiger partial charge in [-0.25, -0.2) is 12.8 Å². The zero-order chi connectivity index (χ0) is 23.4. The van der Waals surface area contributed by atoms with Crippen LogP contribution in [0.4, 0.5) is 4.39 Å². The van der Waals surface area contributed by atoms with E-state index >= 15 is 0 Å². The van der Waals surface area contributed by atoms with E-state index in [1.165, 1.54) is 30.0 Å². The number of halogens is 1. The zero-order valence-electron chi connectivity index (χ0n) is 18.2. The van der Waals surface area contributed by atoms with Crippen molar-refractivity contribution in [2.24, 2.45) is 0 Å². The molecule has 11 heteroatoms. The summed E-state index contributed by atoms with van der Waals surface area (Å²) < 4.78 is 44.1. The van der Waals surface area contributed by atoms with E-state index in [-0.39, 0.29) is 11.8 Å². The summed E-state index contributed by atoms with van der Waals surface area (Å²) >= 11 is 1.52. The summed E-state index contributed by atoms with van der Waals surface area (Å²) in [6.45, 7) is 0.977. The standard InChI is InChI=1S/C22H26FN5O3S2/c1-32-15-11-18(26-33(30,31)19-7-3-2-6-17(19)23)22(29)27-13-9-16(10-14-27)21-25-24-20-8-4-5-12-28(20)21/h2-8,12,16,18,26H,9-11,13-15H2,1H3. The lowest BCUT2D eigenvalue weighted by molar-refractivity contribution is -0.134. The van der Waals surface area contributed by atoms with E-state index in [9.17, 15) is 17.6 Å². The average Bonchev–Trinajstić information content (AvgIpc) is 3.26. The third kappa shape index (κ3) is 5.20.